The number of phenols is 1. The number of ether oxygens (including phenoxy) is 8. The van der Waals surface area contributed by atoms with Gasteiger partial charge in [0.25, 0.3) is 0 Å². The van der Waals surface area contributed by atoms with Crippen molar-refractivity contribution in [1.29, 1.82) is 10.5 Å². The number of nitriles is 2. The first kappa shape index (κ1) is 108. The maximum Gasteiger partial charge on any atom is 1.00 e. The first-order valence-corrected chi connectivity index (χ1v) is 42.7. The molecule has 5 unspecified atom stereocenters. The number of aromatic hydroxyl groups is 1. The third-order valence-electron chi connectivity index (χ3n) is 22.6. The summed E-state index contributed by atoms with van der Waals surface area (Å²) in [5, 5.41) is 83.2. The molecule has 38 heteroatoms. The number of rotatable bonds is 24. The molecular formula is C93H125LiN12O25. The molecule has 0 spiro atoms. The zero-order valence-electron chi connectivity index (χ0n) is 76.2. The van der Waals surface area contributed by atoms with Gasteiger partial charge in [0.2, 0.25) is 17.7 Å². The van der Waals surface area contributed by atoms with Crippen LogP contribution in [0.25, 0.3) is 0 Å². The summed E-state index contributed by atoms with van der Waals surface area (Å²) in [5.41, 5.74) is 11.0. The number of anilines is 5. The second-order valence-corrected chi connectivity index (χ2v) is 35.6. The van der Waals surface area contributed by atoms with Crippen LogP contribution < -0.4 is 90.1 Å². The fourth-order valence-corrected chi connectivity index (χ4v) is 16.0. The quantitative estimate of drug-likeness (QED) is 0.0127. The van der Waals surface area contributed by atoms with E-state index in [4.69, 9.17) is 54.0 Å². The van der Waals surface area contributed by atoms with Gasteiger partial charge < -0.3 is 101 Å². The molecule has 12 atom stereocenters. The Hall–Kier alpha value is -12.1. The number of esters is 1. The van der Waals surface area contributed by atoms with Crippen LogP contribution in [0.4, 0.5) is 42.8 Å². The molecule has 0 radical (unpaired) electrons. The Morgan fingerprint density at radius 1 is 0.504 bits per heavy atom. The van der Waals surface area contributed by atoms with Gasteiger partial charge in [-0.2, -0.15) is 10.5 Å². The molecule has 7 heterocycles. The maximum absolute atomic E-state index is 13.1. The largest absolute Gasteiger partial charge is 1.00 e. The summed E-state index contributed by atoms with van der Waals surface area (Å²) in [4.78, 5) is 136. The number of phenolic OH excluding ortho intramolecular Hbond substituents is 1. The number of methoxy groups -OCH3 is 5. The molecule has 2 saturated heterocycles. The van der Waals surface area contributed by atoms with Gasteiger partial charge in [-0.15, -0.1) is 0 Å². The molecule has 2 aliphatic carbocycles. The van der Waals surface area contributed by atoms with Crippen molar-refractivity contribution in [2.45, 2.75) is 244 Å². The van der Waals surface area contributed by atoms with Gasteiger partial charge in [-0.25, -0.2) is 33.6 Å². The summed E-state index contributed by atoms with van der Waals surface area (Å²) in [6.07, 6.45) is 7.03. The normalized spacial score (nSPS) is 20.0. The standard InChI is InChI=1S/C24H30N4O4.C16H21NO5.C15H19NO5.C14H17NO5.C13H22N4O2.C10H11NO3.CH4.Li.H2O/c1-32-22-4-2-3-19-18(22)12-20(28-19)21(29)11-16(9-14-5-6-14)24(31)27-17(13-25)10-15-7-8-26-23(15)30;1-16(2,3)22-15(19)17-11-7-6-8-13(20-4)10(11)9-12(17)14(18)21-5;1-15(2,3)21-14(19)16-10-6-5-7-12(20-4)9(10)8-11(16)13(17)18;1-14(2,3)20-13(19)15-9-5-4-6-11(16)8(9)7-10(15)12(17)18;14-7-10(6-9-3-4-16-12(9)18)17-13(19)11(15)5-8-1-2-8;1-14-9-4-2-3-7-6(9)5-8(11-7)10(12)13;;;/h2-4,14-17,20,28H,5-12H2,1H3,(H,26,30)(H,27,31);6-8,12H,9H2,1-5H3;5-7,11H,8H2,1-4H3,(H,17,18);4-6,10,16H,7H2,1-3H3,(H,17,18);8-11,13,17,19H,1-6,15H2,(H,16,18);2-4,8,11H,5H2,1H3,(H,12,13);1H4;;1H2/q;;;;;;;+1;/p-1/t15-,16+,17-,20?;;;;9-,10-,11-,13+;;;;/m0...0..../s1. The van der Waals surface area contributed by atoms with Gasteiger partial charge in [0.15, 0.2) is 5.78 Å². The number of amides is 6. The first-order chi connectivity index (χ1) is 60.5. The van der Waals surface area contributed by atoms with E-state index in [2.05, 4.69) is 44.0 Å². The number of fused-ring (bicyclic) bond motifs is 5. The number of nitrogens with zero attached hydrogens (tertiary/aromatic N) is 5. The Balaban J connectivity index is 0.000000245. The van der Waals surface area contributed by atoms with Crippen LogP contribution in [0.15, 0.2) is 91.0 Å². The van der Waals surface area contributed by atoms with E-state index in [1.165, 1.54) is 42.9 Å². The van der Waals surface area contributed by atoms with Gasteiger partial charge in [-0.1, -0.05) is 63.4 Å². The number of hydrogen-bond donors (Lipinski definition) is 12. The molecule has 37 nitrogen and oxygen atoms in total. The molecule has 0 aromatic heterocycles. The number of benzene rings is 5. The number of carboxylic acids is 3. The number of hydrogen-bond acceptors (Lipinski definition) is 28. The molecule has 7 aliphatic heterocycles. The van der Waals surface area contributed by atoms with E-state index in [1.54, 1.807) is 132 Å². The second kappa shape index (κ2) is 47.6. The summed E-state index contributed by atoms with van der Waals surface area (Å²) in [6.45, 7) is 17.0. The van der Waals surface area contributed by atoms with E-state index in [0.29, 0.717) is 110 Å². The van der Waals surface area contributed by atoms with Crippen LogP contribution in [0.3, 0.4) is 0 Å². The molecule has 9 aliphatic rings. The van der Waals surface area contributed by atoms with Crippen molar-refractivity contribution in [2.75, 3.05) is 74.0 Å². The van der Waals surface area contributed by atoms with Crippen molar-refractivity contribution < 1.29 is 141 Å². The number of aliphatic hydroxyl groups is 1. The topological polar surface area (TPSA) is 548 Å². The molecule has 131 heavy (non-hydrogen) atoms. The van der Waals surface area contributed by atoms with Gasteiger partial charge >= 0.3 is 61.0 Å². The third-order valence-corrected chi connectivity index (χ3v) is 22.6. The van der Waals surface area contributed by atoms with E-state index in [0.717, 1.165) is 70.1 Å². The minimum atomic E-state index is -1.13. The van der Waals surface area contributed by atoms with Crippen LogP contribution in [0.5, 0.6) is 28.7 Å². The summed E-state index contributed by atoms with van der Waals surface area (Å²) in [7, 11) is 7.57. The van der Waals surface area contributed by atoms with Crippen LogP contribution in [-0.4, -0.2) is 217 Å². The van der Waals surface area contributed by atoms with Gasteiger partial charge in [0.05, 0.1) is 76.8 Å². The van der Waals surface area contributed by atoms with Crippen LogP contribution >= 0.6 is 0 Å². The fraction of sp³-hybridized carbons (Fsp3) is 0.538. The Morgan fingerprint density at radius 3 is 1.27 bits per heavy atom. The van der Waals surface area contributed by atoms with Crippen molar-refractivity contribution in [1.82, 2.24) is 21.3 Å². The molecule has 5 aromatic carbocycles. The van der Waals surface area contributed by atoms with Crippen molar-refractivity contribution in [3.8, 4) is 40.9 Å². The molecule has 14 N–H and O–H groups in total. The van der Waals surface area contributed by atoms with Crippen molar-refractivity contribution in [3.63, 3.8) is 0 Å². The van der Waals surface area contributed by atoms with Crippen molar-refractivity contribution in [2.24, 2.45) is 35.3 Å². The fourth-order valence-electron chi connectivity index (χ4n) is 16.0. The smallest absolute Gasteiger partial charge is 0.870 e. The minimum absolute atomic E-state index is 0. The number of carboxylic acid groups (broad SMARTS) is 3. The molecule has 5 aromatic rings. The van der Waals surface area contributed by atoms with E-state index >= 15 is 0 Å². The first-order valence-electron chi connectivity index (χ1n) is 42.7. The van der Waals surface area contributed by atoms with E-state index < -0.39 is 107 Å². The number of Topliss-reactive ketones (excluding diaryl/α,β-unsaturated/α-hetero) is 1. The number of ketones is 1. The molecule has 4 fully saturated rings. The van der Waals surface area contributed by atoms with Crippen LogP contribution in [0, 0.1) is 52.3 Å². The molecule has 2 saturated carbocycles. The third kappa shape index (κ3) is 29.2. The van der Waals surface area contributed by atoms with E-state index in [-0.39, 0.29) is 104 Å². The van der Waals surface area contributed by atoms with Gasteiger partial charge in [-0.3, -0.25) is 39.2 Å². The Morgan fingerprint density at radius 2 is 0.878 bits per heavy atom. The predicted octanol–water partition coefficient (Wildman–Crippen LogP) is 7.09. The summed E-state index contributed by atoms with van der Waals surface area (Å²) >= 11 is 0. The SMILES string of the molecule is C.CC(C)(C)OC(=O)N1c2cccc(O)c2CC1C(=O)O.COC(=O)C1Cc2c(OC)cccc2N1C(=O)OC(C)(C)C.COc1cccc2c1CC(C(=O)C[C@@H](CC1CC1)C(=O)N[C@H](C#N)C[C@@H]1CCNC1=O)N2.COc1cccc2c1CC(C(=O)O)N2.COc1cccc2c1CC(C(=O)O)N2C(=O)OC(C)(C)C.N#C[C@H](C[C@@H]1CCNC1=O)N[C@H](O)[C@@H](N)CC1CC1.[Li+].[OH-]. The minimum Gasteiger partial charge on any atom is -0.870 e. The number of aliphatic carboxylic acids is 3. The maximum atomic E-state index is 13.1. The average molecular weight is 1820 g/mol. The number of nitrogens with two attached hydrogens (primary N) is 1. The van der Waals surface area contributed by atoms with Crippen LogP contribution in [-0.2, 0) is 89.4 Å². The van der Waals surface area contributed by atoms with Gasteiger partial charge in [0.1, 0.15) is 82.0 Å². The Labute approximate surface area is 775 Å². The summed E-state index contributed by atoms with van der Waals surface area (Å²) in [5.74, 6) is -0.897. The average Bonchev–Trinajstić information content (AvgIpc) is 1.63. The zero-order valence-corrected chi connectivity index (χ0v) is 76.2. The number of aliphatic hydroxyl groups excluding tert-OH is 1. The summed E-state index contributed by atoms with van der Waals surface area (Å²) < 4.78 is 41.9. The number of carbonyl (C=O) groups is 11. The molecule has 14 rings (SSSR count). The van der Waals surface area contributed by atoms with Gasteiger partial charge in [-0.05, 0) is 173 Å². The second-order valence-electron chi connectivity index (χ2n) is 35.6. The molecule has 708 valence electrons. The summed E-state index contributed by atoms with van der Waals surface area (Å²) in [6, 6.07) is 25.3. The van der Waals surface area contributed by atoms with Crippen molar-refractivity contribution in [3.05, 3.63) is 119 Å². The monoisotopic (exact) mass is 1820 g/mol. The van der Waals surface area contributed by atoms with E-state index in [9.17, 15) is 78.4 Å². The zero-order chi connectivity index (χ0) is 94.0. The van der Waals surface area contributed by atoms with Gasteiger partial charge in [0, 0.05) is 115 Å². The Kier molecular flexibility index (Phi) is 39.1. The molecular weight excluding hydrogens is 1690 g/mol. The molecule has 6 amide bonds. The van der Waals surface area contributed by atoms with Crippen LogP contribution in [0.1, 0.15) is 168 Å². The molecule has 0 bridgehead atoms. The predicted molar refractivity (Wildman–Crippen MR) is 478 cm³/mol. The van der Waals surface area contributed by atoms with Crippen molar-refractivity contribution >= 4 is 94.1 Å². The number of nitrogens with one attached hydrogen (secondary N) is 6. The number of carbonyl (C=O) groups excluding carboxylic acids is 8. The van der Waals surface area contributed by atoms with Crippen LogP contribution in [0.2, 0.25) is 0 Å². The Bertz CT molecular complexity index is 4960. The van der Waals surface area contributed by atoms with E-state index in [1.807, 2.05) is 36.4 Å².